The fraction of sp³-hybridized carbons (Fsp3) is 0.222. The molecule has 1 aliphatic heterocycles. The predicted octanol–water partition coefficient (Wildman–Crippen LogP) is 3.83. The van der Waals surface area contributed by atoms with Gasteiger partial charge in [0.05, 0.1) is 0 Å². The number of carbonyl (C=O) groups excluding carboxylic acids is 1. The number of pyridine rings is 1. The van der Waals surface area contributed by atoms with Crippen molar-refractivity contribution in [3.63, 3.8) is 0 Å². The van der Waals surface area contributed by atoms with Crippen LogP contribution in [0.1, 0.15) is 10.4 Å². The molecule has 1 fully saturated rings. The molecular weight excluding hydrogens is 440 g/mol. The lowest BCUT2D eigenvalue weighted by Crippen LogP contribution is -2.44. The summed E-state index contributed by atoms with van der Waals surface area (Å²) in [5.74, 6) is 0.845. The number of hydrogen-bond acceptors (Lipinski definition) is 7. The van der Waals surface area contributed by atoms with Crippen molar-refractivity contribution >= 4 is 23.9 Å². The molecule has 0 unspecified atom stereocenters. The number of likely N-dealkylation sites (N-methyl/N-ethyl adjacent to an activating group) is 1. The minimum absolute atomic E-state index is 0.168. The molecule has 0 bridgehead atoms. The lowest BCUT2D eigenvalue weighted by atomic mass is 10.1. The van der Waals surface area contributed by atoms with Gasteiger partial charge in [-0.1, -0.05) is 18.7 Å². The van der Waals surface area contributed by atoms with Crippen LogP contribution in [0.5, 0.6) is 11.5 Å². The van der Waals surface area contributed by atoms with Crippen LogP contribution in [-0.4, -0.2) is 62.0 Å². The fourth-order valence-electron chi connectivity index (χ4n) is 3.83. The normalized spacial score (nSPS) is 14.4. The molecule has 8 nitrogen and oxygen atoms in total. The van der Waals surface area contributed by atoms with Gasteiger partial charge in [-0.05, 0) is 61.7 Å². The van der Waals surface area contributed by atoms with Crippen molar-refractivity contribution < 1.29 is 9.53 Å². The van der Waals surface area contributed by atoms with E-state index in [0.717, 1.165) is 31.9 Å². The quantitative estimate of drug-likeness (QED) is 0.292. The van der Waals surface area contributed by atoms with Gasteiger partial charge in [0.15, 0.2) is 17.0 Å². The molecule has 1 N–H and O–H groups in total. The molecule has 0 spiro atoms. The molecule has 0 saturated carbocycles. The molecule has 1 aliphatic rings. The summed E-state index contributed by atoms with van der Waals surface area (Å²) in [7, 11) is 2.16. The van der Waals surface area contributed by atoms with Gasteiger partial charge in [0.1, 0.15) is 12.4 Å². The van der Waals surface area contributed by atoms with Crippen molar-refractivity contribution in [3.05, 3.63) is 90.6 Å². The standard InChI is InChI=1S/C27H30N6O2/c1-4-25(34)21-7-5-8-24(19-21)35-26-9-6-14-33(28-2)27(26)30-20-29-22-10-12-23(13-11-22)32-17-15-31(3)16-18-32/h4-14,19,29H,1-2,15-18,20H2,3H3/b30-27-. The minimum Gasteiger partial charge on any atom is -0.453 e. The highest BCUT2D eigenvalue weighted by atomic mass is 16.5. The van der Waals surface area contributed by atoms with E-state index in [1.807, 2.05) is 0 Å². The van der Waals surface area contributed by atoms with Gasteiger partial charge in [-0.3, -0.25) is 4.79 Å². The lowest BCUT2D eigenvalue weighted by molar-refractivity contribution is 0.104. The number of nitrogens with zero attached hydrogens (tertiary/aromatic N) is 5. The molecule has 0 atom stereocenters. The van der Waals surface area contributed by atoms with Crippen molar-refractivity contribution in [2.75, 3.05) is 50.1 Å². The first-order valence-electron chi connectivity index (χ1n) is 11.5. The van der Waals surface area contributed by atoms with Crippen molar-refractivity contribution in [2.45, 2.75) is 0 Å². The molecule has 0 aliphatic carbocycles. The van der Waals surface area contributed by atoms with Crippen LogP contribution < -0.4 is 20.4 Å². The fourth-order valence-corrected chi connectivity index (χ4v) is 3.83. The number of nitrogens with one attached hydrogen (secondary N) is 1. The molecule has 1 aromatic heterocycles. The van der Waals surface area contributed by atoms with Gasteiger partial charge in [-0.2, -0.15) is 5.10 Å². The molecule has 2 heterocycles. The van der Waals surface area contributed by atoms with E-state index in [1.165, 1.54) is 11.8 Å². The maximum absolute atomic E-state index is 12.0. The second kappa shape index (κ2) is 11.3. The summed E-state index contributed by atoms with van der Waals surface area (Å²) in [5.41, 5.74) is 3.21. The van der Waals surface area contributed by atoms with Gasteiger partial charge >= 0.3 is 0 Å². The highest BCUT2D eigenvalue weighted by Gasteiger charge is 2.14. The Balaban J connectivity index is 1.48. The van der Waals surface area contributed by atoms with Crippen LogP contribution in [0, 0.1) is 0 Å². The molecule has 3 aromatic rings. The topological polar surface area (TPSA) is 74.5 Å². The van der Waals surface area contributed by atoms with Gasteiger partial charge in [0, 0.05) is 56.0 Å². The number of ketones is 1. The number of hydrogen-bond donors (Lipinski definition) is 1. The minimum atomic E-state index is -0.168. The van der Waals surface area contributed by atoms with Crippen LogP contribution in [0.15, 0.2) is 89.6 Å². The summed E-state index contributed by atoms with van der Waals surface area (Å²) in [6.45, 7) is 11.7. The summed E-state index contributed by atoms with van der Waals surface area (Å²) < 4.78 is 7.60. The zero-order valence-corrected chi connectivity index (χ0v) is 19.9. The Morgan fingerprint density at radius 1 is 1.09 bits per heavy atom. The van der Waals surface area contributed by atoms with E-state index >= 15 is 0 Å². The van der Waals surface area contributed by atoms with Crippen LogP contribution in [0.4, 0.5) is 11.4 Å². The maximum atomic E-state index is 12.0. The number of piperazine rings is 1. The van der Waals surface area contributed by atoms with Gasteiger partial charge < -0.3 is 19.9 Å². The zero-order valence-electron chi connectivity index (χ0n) is 19.9. The predicted molar refractivity (Wildman–Crippen MR) is 141 cm³/mol. The summed E-state index contributed by atoms with van der Waals surface area (Å²) in [6.07, 6.45) is 3.03. The average Bonchev–Trinajstić information content (AvgIpc) is 2.90. The summed E-state index contributed by atoms with van der Waals surface area (Å²) in [5, 5.41) is 7.34. The third-order valence-corrected chi connectivity index (χ3v) is 5.84. The first kappa shape index (κ1) is 24.0. The third-order valence-electron chi connectivity index (χ3n) is 5.84. The first-order valence-corrected chi connectivity index (χ1v) is 11.5. The monoisotopic (exact) mass is 470 g/mol. The van der Waals surface area contributed by atoms with Crippen LogP contribution in [0.25, 0.3) is 0 Å². The number of anilines is 2. The zero-order chi connectivity index (χ0) is 24.6. The highest BCUT2D eigenvalue weighted by molar-refractivity contribution is 6.04. The van der Waals surface area contributed by atoms with Crippen LogP contribution >= 0.6 is 0 Å². The van der Waals surface area contributed by atoms with Gasteiger partial charge in [-0.25, -0.2) is 9.67 Å². The van der Waals surface area contributed by atoms with E-state index in [2.05, 4.69) is 69.8 Å². The van der Waals surface area contributed by atoms with E-state index in [1.54, 1.807) is 47.3 Å². The second-order valence-electron chi connectivity index (χ2n) is 8.21. The Kier molecular flexibility index (Phi) is 7.74. The highest BCUT2D eigenvalue weighted by Crippen LogP contribution is 2.21. The number of allylic oxidation sites excluding steroid dienone is 1. The van der Waals surface area contributed by atoms with Crippen LogP contribution in [-0.2, 0) is 0 Å². The SMILES string of the molecule is C=CC(=O)c1cccc(Oc2cccn(N=C)/c2=N\CNc2ccc(N3CCN(C)CC3)cc2)c1. The van der Waals surface area contributed by atoms with E-state index in [-0.39, 0.29) is 5.78 Å². The summed E-state index contributed by atoms with van der Waals surface area (Å²) in [6, 6.07) is 18.9. The number of rotatable bonds is 9. The Bertz CT molecular complexity index is 1260. The average molecular weight is 471 g/mol. The smallest absolute Gasteiger partial charge is 0.194 e. The Labute approximate surface area is 205 Å². The summed E-state index contributed by atoms with van der Waals surface area (Å²) >= 11 is 0. The third kappa shape index (κ3) is 6.04. The van der Waals surface area contributed by atoms with Crippen molar-refractivity contribution in [3.8, 4) is 11.5 Å². The molecular formula is C27H30N6O2. The number of carbonyl (C=O) groups is 1. The van der Waals surface area contributed by atoms with Gasteiger partial charge in [0.2, 0.25) is 0 Å². The molecule has 2 aromatic carbocycles. The number of benzene rings is 2. The number of aromatic nitrogens is 1. The molecule has 1 saturated heterocycles. The largest absolute Gasteiger partial charge is 0.453 e. The molecule has 8 heteroatoms. The van der Waals surface area contributed by atoms with Crippen LogP contribution in [0.3, 0.4) is 0 Å². The van der Waals surface area contributed by atoms with E-state index in [0.29, 0.717) is 29.2 Å². The molecule has 180 valence electrons. The van der Waals surface area contributed by atoms with E-state index in [9.17, 15) is 4.79 Å². The van der Waals surface area contributed by atoms with E-state index in [4.69, 9.17) is 4.74 Å². The van der Waals surface area contributed by atoms with E-state index < -0.39 is 0 Å². The lowest BCUT2D eigenvalue weighted by Gasteiger charge is -2.34. The van der Waals surface area contributed by atoms with Crippen molar-refractivity contribution in [1.82, 2.24) is 9.58 Å². The number of ether oxygens (including phenoxy) is 1. The second-order valence-corrected chi connectivity index (χ2v) is 8.21. The Morgan fingerprint density at radius 2 is 1.86 bits per heavy atom. The molecule has 4 rings (SSSR count). The molecule has 0 amide bonds. The van der Waals surface area contributed by atoms with Crippen LogP contribution in [0.2, 0.25) is 0 Å². The van der Waals surface area contributed by atoms with Gasteiger partial charge in [0.25, 0.3) is 0 Å². The Morgan fingerprint density at radius 3 is 2.57 bits per heavy atom. The Hall–Kier alpha value is -4.17. The van der Waals surface area contributed by atoms with Gasteiger partial charge in [-0.15, -0.1) is 0 Å². The molecule has 0 radical (unpaired) electrons. The first-order chi connectivity index (χ1) is 17.1. The van der Waals surface area contributed by atoms with Crippen molar-refractivity contribution in [2.24, 2.45) is 10.1 Å². The summed E-state index contributed by atoms with van der Waals surface area (Å²) in [4.78, 5) is 21.4. The maximum Gasteiger partial charge on any atom is 0.194 e. The van der Waals surface area contributed by atoms with Crippen molar-refractivity contribution in [1.29, 1.82) is 0 Å². The molecule has 35 heavy (non-hydrogen) atoms.